The topological polar surface area (TPSA) is 72.5 Å². The number of carboxylic acid groups (broad SMARTS) is 1. The summed E-state index contributed by atoms with van der Waals surface area (Å²) in [7, 11) is 1.54. The van der Waals surface area contributed by atoms with E-state index in [0.29, 0.717) is 23.6 Å². The molecule has 0 fully saturated rings. The van der Waals surface area contributed by atoms with E-state index in [0.717, 1.165) is 5.56 Å². The van der Waals surface area contributed by atoms with E-state index in [1.165, 1.54) is 0 Å². The zero-order valence-electron chi connectivity index (χ0n) is 8.94. The molecular formula is C11H14ClNO3. The largest absolute Gasteiger partial charge is 0.495 e. The highest BCUT2D eigenvalue weighted by atomic mass is 35.5. The third kappa shape index (κ3) is 3.40. The van der Waals surface area contributed by atoms with Gasteiger partial charge < -0.3 is 15.6 Å². The molecule has 1 atom stereocenters. The van der Waals surface area contributed by atoms with Crippen molar-refractivity contribution in [2.45, 2.75) is 18.9 Å². The maximum atomic E-state index is 10.5. The molecule has 0 aromatic heterocycles. The smallest absolute Gasteiger partial charge is 0.320 e. The second-order valence-electron chi connectivity index (χ2n) is 3.45. The zero-order chi connectivity index (χ0) is 12.1. The number of rotatable bonds is 5. The SMILES string of the molecule is COc1ccc(CCC(N)C(=O)O)cc1Cl. The molecule has 0 radical (unpaired) electrons. The standard InChI is InChI=1S/C11H14ClNO3/c1-16-10-5-3-7(6-8(10)12)2-4-9(13)11(14)15/h3,5-6,9H,2,4,13H2,1H3,(H,14,15). The first-order valence-corrected chi connectivity index (χ1v) is 5.23. The maximum absolute atomic E-state index is 10.5. The Bertz CT molecular complexity index is 381. The Balaban J connectivity index is 2.62. The lowest BCUT2D eigenvalue weighted by Gasteiger charge is -2.08. The fraction of sp³-hybridized carbons (Fsp3) is 0.364. The monoisotopic (exact) mass is 243 g/mol. The van der Waals surface area contributed by atoms with Crippen LogP contribution in [0, 0.1) is 0 Å². The van der Waals surface area contributed by atoms with E-state index < -0.39 is 12.0 Å². The Hall–Kier alpha value is -1.26. The van der Waals surface area contributed by atoms with Crippen LogP contribution >= 0.6 is 11.6 Å². The zero-order valence-corrected chi connectivity index (χ0v) is 9.70. The van der Waals surface area contributed by atoms with Crippen molar-refractivity contribution in [2.24, 2.45) is 5.73 Å². The van der Waals surface area contributed by atoms with Crippen LogP contribution in [0.15, 0.2) is 18.2 Å². The highest BCUT2D eigenvalue weighted by Gasteiger charge is 2.11. The van der Waals surface area contributed by atoms with Gasteiger partial charge >= 0.3 is 5.97 Å². The predicted molar refractivity (Wildman–Crippen MR) is 61.9 cm³/mol. The molecule has 4 nitrogen and oxygen atoms in total. The fourth-order valence-corrected chi connectivity index (χ4v) is 1.59. The van der Waals surface area contributed by atoms with Crippen LogP contribution in [-0.2, 0) is 11.2 Å². The van der Waals surface area contributed by atoms with Crippen LogP contribution in [0.4, 0.5) is 0 Å². The summed E-state index contributed by atoms with van der Waals surface area (Å²) in [6, 6.07) is 4.53. The second kappa shape index (κ2) is 5.72. The van der Waals surface area contributed by atoms with Gasteiger partial charge in [-0.3, -0.25) is 4.79 Å². The minimum atomic E-state index is -0.986. The minimum absolute atomic E-state index is 0.387. The summed E-state index contributed by atoms with van der Waals surface area (Å²) >= 11 is 5.93. The number of halogens is 1. The molecule has 0 amide bonds. The molecule has 0 aliphatic rings. The summed E-state index contributed by atoms with van der Waals surface area (Å²) in [4.78, 5) is 10.5. The first-order valence-electron chi connectivity index (χ1n) is 4.85. The number of hydrogen-bond acceptors (Lipinski definition) is 3. The normalized spacial score (nSPS) is 12.2. The number of nitrogens with two attached hydrogens (primary N) is 1. The Morgan fingerprint density at radius 2 is 2.31 bits per heavy atom. The summed E-state index contributed by atoms with van der Waals surface area (Å²) in [5.41, 5.74) is 6.35. The Kier molecular flexibility index (Phi) is 4.58. The van der Waals surface area contributed by atoms with Crippen molar-refractivity contribution in [3.05, 3.63) is 28.8 Å². The minimum Gasteiger partial charge on any atom is -0.495 e. The Morgan fingerprint density at radius 1 is 1.62 bits per heavy atom. The van der Waals surface area contributed by atoms with Gasteiger partial charge in [0.25, 0.3) is 0 Å². The van der Waals surface area contributed by atoms with Crippen LogP contribution in [0.25, 0.3) is 0 Å². The average Bonchev–Trinajstić information content (AvgIpc) is 2.25. The van der Waals surface area contributed by atoms with Crippen LogP contribution in [0.1, 0.15) is 12.0 Å². The van der Waals surface area contributed by atoms with Crippen molar-refractivity contribution in [2.75, 3.05) is 7.11 Å². The van der Waals surface area contributed by atoms with Crippen LogP contribution in [-0.4, -0.2) is 24.2 Å². The fourth-order valence-electron chi connectivity index (χ4n) is 1.31. The lowest BCUT2D eigenvalue weighted by Crippen LogP contribution is -2.30. The summed E-state index contributed by atoms with van der Waals surface area (Å²) in [6.45, 7) is 0. The summed E-state index contributed by atoms with van der Waals surface area (Å²) in [5.74, 6) is -0.382. The molecule has 0 aliphatic heterocycles. The molecule has 0 bridgehead atoms. The number of aliphatic carboxylic acids is 1. The maximum Gasteiger partial charge on any atom is 0.320 e. The van der Waals surface area contributed by atoms with Gasteiger partial charge in [0.05, 0.1) is 12.1 Å². The van der Waals surface area contributed by atoms with Crippen molar-refractivity contribution in [3.8, 4) is 5.75 Å². The van der Waals surface area contributed by atoms with Gasteiger partial charge in [-0.05, 0) is 30.5 Å². The van der Waals surface area contributed by atoms with Crippen molar-refractivity contribution in [3.63, 3.8) is 0 Å². The predicted octanol–water partition coefficient (Wildman–Crippen LogP) is 1.69. The van der Waals surface area contributed by atoms with Crippen molar-refractivity contribution < 1.29 is 14.6 Å². The number of ether oxygens (including phenoxy) is 1. The molecule has 3 N–H and O–H groups in total. The lowest BCUT2D eigenvalue weighted by molar-refractivity contribution is -0.138. The third-order valence-electron chi connectivity index (χ3n) is 2.28. The number of methoxy groups -OCH3 is 1. The van der Waals surface area contributed by atoms with E-state index in [1.54, 1.807) is 19.2 Å². The third-order valence-corrected chi connectivity index (χ3v) is 2.57. The highest BCUT2D eigenvalue weighted by molar-refractivity contribution is 6.32. The summed E-state index contributed by atoms with van der Waals surface area (Å²) in [5, 5.41) is 9.14. The van der Waals surface area contributed by atoms with Gasteiger partial charge in [-0.25, -0.2) is 0 Å². The van der Waals surface area contributed by atoms with Crippen LogP contribution in [0.2, 0.25) is 5.02 Å². The molecule has 0 aliphatic carbocycles. The number of carboxylic acids is 1. The molecular weight excluding hydrogens is 230 g/mol. The van der Waals surface area contributed by atoms with Gasteiger partial charge in [-0.1, -0.05) is 17.7 Å². The number of hydrogen-bond donors (Lipinski definition) is 2. The molecule has 0 saturated carbocycles. The van der Waals surface area contributed by atoms with Gasteiger partial charge in [0.1, 0.15) is 11.8 Å². The Labute approximate surface area is 99.0 Å². The van der Waals surface area contributed by atoms with Gasteiger partial charge in [0.2, 0.25) is 0 Å². The van der Waals surface area contributed by atoms with E-state index in [1.807, 2.05) is 6.07 Å². The van der Waals surface area contributed by atoms with Gasteiger partial charge in [-0.2, -0.15) is 0 Å². The van der Waals surface area contributed by atoms with Crippen molar-refractivity contribution >= 4 is 17.6 Å². The molecule has 1 rings (SSSR count). The van der Waals surface area contributed by atoms with Gasteiger partial charge in [0, 0.05) is 0 Å². The molecule has 5 heteroatoms. The molecule has 88 valence electrons. The van der Waals surface area contributed by atoms with Crippen molar-refractivity contribution in [1.29, 1.82) is 0 Å². The van der Waals surface area contributed by atoms with Gasteiger partial charge in [-0.15, -0.1) is 0 Å². The molecule has 1 aromatic rings. The van der Waals surface area contributed by atoms with E-state index >= 15 is 0 Å². The first-order chi connectivity index (χ1) is 7.54. The molecule has 1 aromatic carbocycles. The molecule has 16 heavy (non-hydrogen) atoms. The van der Waals surface area contributed by atoms with Gasteiger partial charge in [0.15, 0.2) is 0 Å². The number of carbonyl (C=O) groups is 1. The quantitative estimate of drug-likeness (QED) is 0.826. The summed E-state index contributed by atoms with van der Waals surface area (Å²) < 4.78 is 5.01. The molecule has 0 spiro atoms. The average molecular weight is 244 g/mol. The van der Waals surface area contributed by atoms with Crippen LogP contribution in [0.3, 0.4) is 0 Å². The van der Waals surface area contributed by atoms with E-state index in [9.17, 15) is 4.79 Å². The van der Waals surface area contributed by atoms with Crippen LogP contribution < -0.4 is 10.5 Å². The van der Waals surface area contributed by atoms with E-state index in [4.69, 9.17) is 27.2 Å². The summed E-state index contributed by atoms with van der Waals surface area (Å²) in [6.07, 6.45) is 0.967. The first kappa shape index (κ1) is 12.8. The number of benzene rings is 1. The second-order valence-corrected chi connectivity index (χ2v) is 3.86. The molecule has 0 heterocycles. The highest BCUT2D eigenvalue weighted by Crippen LogP contribution is 2.25. The van der Waals surface area contributed by atoms with E-state index in [-0.39, 0.29) is 0 Å². The van der Waals surface area contributed by atoms with E-state index in [2.05, 4.69) is 0 Å². The Morgan fingerprint density at radius 3 is 2.81 bits per heavy atom. The molecule has 0 saturated heterocycles. The lowest BCUT2D eigenvalue weighted by atomic mass is 10.1. The van der Waals surface area contributed by atoms with Crippen molar-refractivity contribution in [1.82, 2.24) is 0 Å². The molecule has 1 unspecified atom stereocenters. The number of aryl methyl sites for hydroxylation is 1. The van der Waals surface area contributed by atoms with Crippen LogP contribution in [0.5, 0.6) is 5.75 Å².